The molecule has 4 heterocycles. The Morgan fingerprint density at radius 3 is 2.81 bits per heavy atom. The third-order valence-corrected chi connectivity index (χ3v) is 4.16. The predicted octanol–water partition coefficient (Wildman–Crippen LogP) is 2.55. The molecule has 4 aromatic rings. The number of hydrogen-bond donors (Lipinski definition) is 1. The normalized spacial score (nSPS) is 10.9. The van der Waals surface area contributed by atoms with Gasteiger partial charge in [0.25, 0.3) is 0 Å². The van der Waals surface area contributed by atoms with E-state index in [0.29, 0.717) is 23.2 Å². The van der Waals surface area contributed by atoms with Crippen molar-refractivity contribution in [2.75, 3.05) is 12.4 Å². The molecule has 136 valence electrons. The van der Waals surface area contributed by atoms with Gasteiger partial charge in [-0.25, -0.2) is 9.97 Å². The molecule has 0 radical (unpaired) electrons. The molecule has 4 aromatic heterocycles. The molecular weight excluding hydrogens is 344 g/mol. The molecule has 0 aliphatic carbocycles. The van der Waals surface area contributed by atoms with Gasteiger partial charge in [-0.2, -0.15) is 15.2 Å². The largest absolute Gasteiger partial charge is 0.481 e. The highest BCUT2D eigenvalue weighted by Gasteiger charge is 2.13. The summed E-state index contributed by atoms with van der Waals surface area (Å²) in [6, 6.07) is 5.47. The van der Waals surface area contributed by atoms with E-state index in [-0.39, 0.29) is 0 Å². The maximum Gasteiger partial charge on any atom is 0.216 e. The molecule has 0 fully saturated rings. The second kappa shape index (κ2) is 6.52. The summed E-state index contributed by atoms with van der Waals surface area (Å²) in [5.41, 5.74) is 2.35. The molecule has 9 nitrogen and oxygen atoms in total. The van der Waals surface area contributed by atoms with E-state index in [1.54, 1.807) is 41.0 Å². The highest BCUT2D eigenvalue weighted by Crippen LogP contribution is 2.25. The van der Waals surface area contributed by atoms with Gasteiger partial charge in [0.2, 0.25) is 5.88 Å². The summed E-state index contributed by atoms with van der Waals surface area (Å²) in [6.45, 7) is 3.88. The van der Waals surface area contributed by atoms with Crippen LogP contribution in [0.4, 0.5) is 11.6 Å². The quantitative estimate of drug-likeness (QED) is 0.583. The van der Waals surface area contributed by atoms with Crippen molar-refractivity contribution in [1.29, 1.82) is 0 Å². The lowest BCUT2D eigenvalue weighted by molar-refractivity contribution is 0.397. The number of aryl methyl sites for hydroxylation is 2. The molecule has 0 unspecified atom stereocenters. The Labute approximate surface area is 155 Å². The molecule has 1 N–H and O–H groups in total. The van der Waals surface area contributed by atoms with Crippen molar-refractivity contribution >= 4 is 28.7 Å². The molecule has 0 atom stereocenters. The Bertz CT molecular complexity index is 1140. The first-order valence-electron chi connectivity index (χ1n) is 8.22. The van der Waals surface area contributed by atoms with Crippen molar-refractivity contribution in [3.63, 3.8) is 0 Å². The minimum Gasteiger partial charge on any atom is -0.481 e. The number of aromatic nitrogens is 7. The maximum atomic E-state index is 5.15. The van der Waals surface area contributed by atoms with Crippen LogP contribution in [0, 0.1) is 0 Å². The molecule has 0 aliphatic heterocycles. The third kappa shape index (κ3) is 2.99. The minimum absolute atomic E-state index is 0.485. The number of nitrogens with one attached hydrogen (secondary N) is 1. The fourth-order valence-electron chi connectivity index (χ4n) is 2.78. The van der Waals surface area contributed by atoms with Crippen LogP contribution in [-0.4, -0.2) is 41.6 Å². The van der Waals surface area contributed by atoms with Gasteiger partial charge in [-0.15, -0.1) is 0 Å². The molecule has 0 aromatic carbocycles. The molecule has 0 saturated heterocycles. The van der Waals surface area contributed by atoms with E-state index < -0.39 is 0 Å². The monoisotopic (exact) mass is 362 g/mol. The highest BCUT2D eigenvalue weighted by molar-refractivity contribution is 5.87. The average molecular weight is 362 g/mol. The van der Waals surface area contributed by atoms with Crippen LogP contribution >= 0.6 is 0 Å². The van der Waals surface area contributed by atoms with Crippen LogP contribution in [0.25, 0.3) is 28.6 Å². The lowest BCUT2D eigenvalue weighted by Gasteiger charge is -2.07. The number of fused-ring (bicyclic) bond motifs is 1. The van der Waals surface area contributed by atoms with E-state index in [1.807, 2.05) is 26.2 Å². The first kappa shape index (κ1) is 16.7. The van der Waals surface area contributed by atoms with Gasteiger partial charge in [-0.1, -0.05) is 12.7 Å². The standard InChI is InChI=1S/C18H18N8O/c1-5-11-8-14(22-18-12(11)10-20-26(18)3)21-15-9-13(24-25(15)2)17-19-7-6-16(23-17)27-4/h5-10H,1H2,2-4H3,(H,21,22). The van der Waals surface area contributed by atoms with Crippen LogP contribution < -0.4 is 10.1 Å². The van der Waals surface area contributed by atoms with Gasteiger partial charge >= 0.3 is 0 Å². The Morgan fingerprint density at radius 2 is 2.04 bits per heavy atom. The second-order valence-electron chi connectivity index (χ2n) is 5.89. The zero-order valence-corrected chi connectivity index (χ0v) is 15.2. The summed E-state index contributed by atoms with van der Waals surface area (Å²) in [7, 11) is 5.26. The number of rotatable bonds is 5. The molecule has 0 amide bonds. The molecule has 4 rings (SSSR count). The number of hydrogen-bond acceptors (Lipinski definition) is 7. The molecule has 0 aliphatic rings. The smallest absolute Gasteiger partial charge is 0.216 e. The van der Waals surface area contributed by atoms with Gasteiger partial charge in [0.05, 0.1) is 13.3 Å². The van der Waals surface area contributed by atoms with Gasteiger partial charge < -0.3 is 10.1 Å². The van der Waals surface area contributed by atoms with E-state index in [4.69, 9.17) is 4.74 Å². The maximum absolute atomic E-state index is 5.15. The third-order valence-electron chi connectivity index (χ3n) is 4.16. The summed E-state index contributed by atoms with van der Waals surface area (Å²) >= 11 is 0. The molecule has 0 bridgehead atoms. The molecular formula is C18H18N8O. The number of pyridine rings is 1. The van der Waals surface area contributed by atoms with Crippen LogP contribution in [0.5, 0.6) is 5.88 Å². The Balaban J connectivity index is 1.71. The zero-order valence-electron chi connectivity index (χ0n) is 15.2. The van der Waals surface area contributed by atoms with Gasteiger partial charge in [-0.05, 0) is 11.6 Å². The summed E-state index contributed by atoms with van der Waals surface area (Å²) < 4.78 is 8.59. The van der Waals surface area contributed by atoms with E-state index in [9.17, 15) is 0 Å². The fourth-order valence-corrected chi connectivity index (χ4v) is 2.78. The number of nitrogens with zero attached hydrogens (tertiary/aromatic N) is 7. The Morgan fingerprint density at radius 1 is 1.19 bits per heavy atom. The summed E-state index contributed by atoms with van der Waals surface area (Å²) in [4.78, 5) is 13.2. The topological polar surface area (TPSA) is 95.6 Å². The molecule has 0 saturated carbocycles. The van der Waals surface area contributed by atoms with E-state index in [2.05, 4.69) is 37.0 Å². The lowest BCUT2D eigenvalue weighted by atomic mass is 10.2. The van der Waals surface area contributed by atoms with Crippen LogP contribution in [0.1, 0.15) is 5.56 Å². The van der Waals surface area contributed by atoms with Gasteiger partial charge in [-0.3, -0.25) is 9.36 Å². The predicted molar refractivity (Wildman–Crippen MR) is 103 cm³/mol. The van der Waals surface area contributed by atoms with Gasteiger partial charge in [0.1, 0.15) is 17.3 Å². The fraction of sp³-hybridized carbons (Fsp3) is 0.167. The highest BCUT2D eigenvalue weighted by atomic mass is 16.5. The SMILES string of the molecule is C=Cc1cc(Nc2cc(-c3nccc(OC)n3)nn2C)nc2c1cnn2C. The van der Waals surface area contributed by atoms with Crippen LogP contribution in [0.2, 0.25) is 0 Å². The van der Waals surface area contributed by atoms with Crippen LogP contribution in [0.15, 0.2) is 37.2 Å². The van der Waals surface area contributed by atoms with E-state index >= 15 is 0 Å². The molecule has 9 heteroatoms. The first-order chi connectivity index (χ1) is 13.1. The van der Waals surface area contributed by atoms with Crippen molar-refractivity contribution in [3.8, 4) is 17.4 Å². The molecule has 0 spiro atoms. The van der Waals surface area contributed by atoms with E-state index in [0.717, 1.165) is 22.4 Å². The number of methoxy groups -OCH3 is 1. The summed E-state index contributed by atoms with van der Waals surface area (Å²) in [5, 5.41) is 13.0. The minimum atomic E-state index is 0.485. The summed E-state index contributed by atoms with van der Waals surface area (Å²) in [5.74, 6) is 2.39. The zero-order chi connectivity index (χ0) is 19.0. The van der Waals surface area contributed by atoms with Crippen molar-refractivity contribution < 1.29 is 4.74 Å². The van der Waals surface area contributed by atoms with Crippen molar-refractivity contribution in [3.05, 3.63) is 42.7 Å². The summed E-state index contributed by atoms with van der Waals surface area (Å²) in [6.07, 6.45) is 5.21. The first-order valence-corrected chi connectivity index (χ1v) is 8.22. The van der Waals surface area contributed by atoms with Crippen LogP contribution in [-0.2, 0) is 14.1 Å². The average Bonchev–Trinajstić information content (AvgIpc) is 3.24. The second-order valence-corrected chi connectivity index (χ2v) is 5.89. The Kier molecular flexibility index (Phi) is 4.03. The van der Waals surface area contributed by atoms with Gasteiger partial charge in [0, 0.05) is 37.8 Å². The number of ether oxygens (including phenoxy) is 1. The van der Waals surface area contributed by atoms with Crippen molar-refractivity contribution in [1.82, 2.24) is 34.5 Å². The number of anilines is 2. The van der Waals surface area contributed by atoms with Gasteiger partial charge in [0.15, 0.2) is 11.5 Å². The van der Waals surface area contributed by atoms with Crippen LogP contribution in [0.3, 0.4) is 0 Å². The van der Waals surface area contributed by atoms with Crippen molar-refractivity contribution in [2.24, 2.45) is 14.1 Å². The van der Waals surface area contributed by atoms with Crippen molar-refractivity contribution in [2.45, 2.75) is 0 Å². The lowest BCUT2D eigenvalue weighted by Crippen LogP contribution is -2.02. The van der Waals surface area contributed by atoms with E-state index in [1.165, 1.54) is 0 Å². The molecule has 27 heavy (non-hydrogen) atoms. The Hall–Kier alpha value is -3.75.